The number of aromatic nitrogens is 2. The summed E-state index contributed by atoms with van der Waals surface area (Å²) in [6, 6.07) is 21.0. The van der Waals surface area contributed by atoms with Gasteiger partial charge in [0.2, 0.25) is 0 Å². The molecule has 2 fully saturated rings. The van der Waals surface area contributed by atoms with Crippen LogP contribution in [0.15, 0.2) is 95.1 Å². The Hall–Kier alpha value is -5.69. The predicted molar refractivity (Wildman–Crippen MR) is 202 cm³/mol. The zero-order valence-corrected chi connectivity index (χ0v) is 29.4. The van der Waals surface area contributed by atoms with E-state index in [2.05, 4.69) is 122 Å². The topological polar surface area (TPSA) is 67.6 Å². The van der Waals surface area contributed by atoms with Crippen molar-refractivity contribution in [2.24, 2.45) is 0 Å². The smallest absolute Gasteiger partial charge is 0.333 e. The molecule has 4 aromatic carbocycles. The van der Waals surface area contributed by atoms with Gasteiger partial charge in [-0.05, 0) is 103 Å². The first-order chi connectivity index (χ1) is 24.2. The second kappa shape index (κ2) is 11.7. The summed E-state index contributed by atoms with van der Waals surface area (Å²) in [6.07, 6.45) is 9.75. The van der Waals surface area contributed by atoms with Crippen LogP contribution in [-0.2, 0) is 22.7 Å². The lowest BCUT2D eigenvalue weighted by Gasteiger charge is -2.30. The van der Waals surface area contributed by atoms with Crippen LogP contribution >= 0.6 is 0 Å². The Morgan fingerprint density at radius 1 is 0.560 bits per heavy atom. The third kappa shape index (κ3) is 4.45. The van der Waals surface area contributed by atoms with Crippen LogP contribution in [0.5, 0.6) is 0 Å². The molecule has 1 aliphatic carbocycles. The average Bonchev–Trinajstić information content (AvgIpc) is 3.78. The van der Waals surface area contributed by atoms with Crippen LogP contribution < -0.4 is 10.7 Å². The Morgan fingerprint density at radius 2 is 0.980 bits per heavy atom. The highest BCUT2D eigenvalue weighted by molar-refractivity contribution is 6.29. The number of nitrogens with zero attached hydrogens (tertiary/aromatic N) is 4. The van der Waals surface area contributed by atoms with Crippen molar-refractivity contribution in [2.75, 3.05) is 14.1 Å². The molecule has 0 unspecified atom stereocenters. The number of hydrogen-bond donors (Lipinski definition) is 0. The molecule has 4 amide bonds. The molecule has 0 atom stereocenters. The Balaban J connectivity index is 1.37. The average molecular weight is 661 g/mol. The molecule has 2 aliphatic rings. The number of rotatable bonds is 4. The number of aryl methyl sites for hydroxylation is 4. The summed E-state index contributed by atoms with van der Waals surface area (Å²) in [4.78, 5) is 42.5. The van der Waals surface area contributed by atoms with Crippen molar-refractivity contribution in [1.82, 2.24) is 18.9 Å². The van der Waals surface area contributed by atoms with Gasteiger partial charge in [0.1, 0.15) is 5.57 Å². The van der Waals surface area contributed by atoms with Crippen molar-refractivity contribution in [1.29, 1.82) is 0 Å². The number of carbonyl (C=O) groups excluding carboxylic acids is 3. The van der Waals surface area contributed by atoms with E-state index in [0.29, 0.717) is 18.4 Å². The number of amides is 4. The van der Waals surface area contributed by atoms with E-state index in [1.54, 1.807) is 0 Å². The van der Waals surface area contributed by atoms with E-state index in [1.807, 2.05) is 0 Å². The van der Waals surface area contributed by atoms with Crippen molar-refractivity contribution in [3.63, 3.8) is 0 Å². The first-order valence-electron chi connectivity index (χ1n) is 17.4. The lowest BCUT2D eigenvalue weighted by Crippen LogP contribution is -2.53. The minimum Gasteiger partial charge on any atom is -0.341 e. The van der Waals surface area contributed by atoms with Crippen molar-refractivity contribution in [3.05, 3.63) is 117 Å². The molecule has 3 heterocycles. The van der Waals surface area contributed by atoms with E-state index in [4.69, 9.17) is 0 Å². The van der Waals surface area contributed by atoms with E-state index in [1.165, 1.54) is 68.6 Å². The van der Waals surface area contributed by atoms with Gasteiger partial charge < -0.3 is 9.13 Å². The highest BCUT2D eigenvalue weighted by Gasteiger charge is 2.42. The van der Waals surface area contributed by atoms with E-state index in [-0.39, 0.29) is 5.57 Å². The van der Waals surface area contributed by atoms with Crippen molar-refractivity contribution < 1.29 is 14.4 Å². The van der Waals surface area contributed by atoms with Crippen LogP contribution in [0.4, 0.5) is 4.79 Å². The molecule has 2 aromatic heterocycles. The Kier molecular flexibility index (Phi) is 7.40. The monoisotopic (exact) mass is 660 g/mol. The van der Waals surface area contributed by atoms with E-state index in [0.717, 1.165) is 44.7 Å². The van der Waals surface area contributed by atoms with Gasteiger partial charge in [-0.25, -0.2) is 4.79 Å². The number of urea groups is 1. The number of hydrogen-bond acceptors (Lipinski definition) is 3. The molecule has 7 nitrogen and oxygen atoms in total. The molecule has 0 bridgehead atoms. The second-order valence-electron chi connectivity index (χ2n) is 13.5. The van der Waals surface area contributed by atoms with Gasteiger partial charge in [-0.15, -0.1) is 0 Å². The van der Waals surface area contributed by atoms with Crippen molar-refractivity contribution >= 4 is 73.3 Å². The largest absolute Gasteiger partial charge is 0.341 e. The fraction of sp³-hybridized carbons (Fsp3) is 0.233. The molecule has 6 aromatic rings. The molecule has 0 N–H and O–H groups in total. The molecule has 8 rings (SSSR count). The standard InChI is InChI=1S/C43H40N4O3/c1-7-46-33(31-13-9-11-29-25(3)15-21-35(46)38(29)31)23-19-27-17-18-28(37(27)40-41(48)44(5)43(50)45(6)42(40)49)20-24-34-32-14-10-12-30-26(4)16-22-36(39(30)32)47(34)8-2/h9-16,19-24H,7-8,17-18H2,1-6H3/b27-19-,28-20+,33-23+,34-24+. The SMILES string of the molecule is CCn1/c(=C/C=C2/CC/C(=C\C=c3/c4cccc5c(C)ccc(c54)n3CC)C2=C2C(=O)N(C)C(=O)N(C)C2=O)c2cccc3c(C)ccc1c32. The molecule has 50 heavy (non-hydrogen) atoms. The highest BCUT2D eigenvalue weighted by atomic mass is 16.2. The van der Waals surface area contributed by atoms with Gasteiger partial charge in [-0.2, -0.15) is 0 Å². The molecule has 1 saturated carbocycles. The van der Waals surface area contributed by atoms with Crippen LogP contribution in [0.25, 0.3) is 55.5 Å². The fourth-order valence-corrected chi connectivity index (χ4v) is 8.31. The van der Waals surface area contributed by atoms with Gasteiger partial charge in [-0.3, -0.25) is 19.4 Å². The molecule has 0 spiro atoms. The third-order valence-electron chi connectivity index (χ3n) is 10.9. The Bertz CT molecular complexity index is 2500. The number of carbonyl (C=O) groups is 3. The number of allylic oxidation sites excluding steroid dienone is 5. The molecule has 0 radical (unpaired) electrons. The zero-order valence-electron chi connectivity index (χ0n) is 29.4. The van der Waals surface area contributed by atoms with Crippen LogP contribution in [0.2, 0.25) is 0 Å². The van der Waals surface area contributed by atoms with Crippen LogP contribution in [-0.4, -0.2) is 50.9 Å². The van der Waals surface area contributed by atoms with Gasteiger partial charge in [0.25, 0.3) is 11.8 Å². The molecule has 7 heteroatoms. The summed E-state index contributed by atoms with van der Waals surface area (Å²) in [5, 5.41) is 9.51. The Labute approximate surface area is 290 Å². The van der Waals surface area contributed by atoms with Crippen LogP contribution in [0.3, 0.4) is 0 Å². The summed E-state index contributed by atoms with van der Waals surface area (Å²) in [5.74, 6) is -1.14. The third-order valence-corrected chi connectivity index (χ3v) is 10.9. The lowest BCUT2D eigenvalue weighted by molar-refractivity contribution is -0.134. The van der Waals surface area contributed by atoms with Crippen LogP contribution in [0, 0.1) is 13.8 Å². The van der Waals surface area contributed by atoms with Gasteiger partial charge >= 0.3 is 6.03 Å². The van der Waals surface area contributed by atoms with E-state index >= 15 is 0 Å². The summed E-state index contributed by atoms with van der Waals surface area (Å²) in [6.45, 7) is 10.2. The first kappa shape index (κ1) is 31.6. The minimum atomic E-state index is -0.626. The number of benzene rings is 4. The quantitative estimate of drug-likeness (QED) is 0.148. The molecule has 250 valence electrons. The lowest BCUT2D eigenvalue weighted by atomic mass is 9.95. The molecule has 1 aliphatic heterocycles. The normalized spacial score (nSPS) is 18.5. The number of barbiturate groups is 1. The second-order valence-corrected chi connectivity index (χ2v) is 13.5. The summed E-state index contributed by atoms with van der Waals surface area (Å²) < 4.78 is 4.65. The van der Waals surface area contributed by atoms with Crippen LogP contribution in [0.1, 0.15) is 37.8 Å². The summed E-state index contributed by atoms with van der Waals surface area (Å²) in [5.41, 5.74) is 7.34. The molecule has 1 saturated heterocycles. The highest BCUT2D eigenvalue weighted by Crippen LogP contribution is 2.40. The maximum atomic E-state index is 13.8. The summed E-state index contributed by atoms with van der Waals surface area (Å²) >= 11 is 0. The first-order valence-corrected chi connectivity index (χ1v) is 17.4. The van der Waals surface area contributed by atoms with E-state index < -0.39 is 17.8 Å². The Morgan fingerprint density at radius 3 is 1.40 bits per heavy atom. The maximum Gasteiger partial charge on any atom is 0.333 e. The van der Waals surface area contributed by atoms with Gasteiger partial charge in [0.05, 0.1) is 0 Å². The number of likely N-dealkylation sites (N-methyl/N-ethyl adjacent to an activating group) is 2. The van der Waals surface area contributed by atoms with Gasteiger partial charge in [0.15, 0.2) is 0 Å². The van der Waals surface area contributed by atoms with Crippen molar-refractivity contribution in [3.8, 4) is 0 Å². The van der Waals surface area contributed by atoms with Crippen molar-refractivity contribution in [2.45, 2.75) is 53.6 Å². The number of imide groups is 2. The fourth-order valence-electron chi connectivity index (χ4n) is 8.31. The molecular formula is C43H40N4O3. The van der Waals surface area contributed by atoms with E-state index in [9.17, 15) is 14.4 Å². The zero-order chi connectivity index (χ0) is 35.0. The van der Waals surface area contributed by atoms with Gasteiger partial charge in [-0.1, -0.05) is 60.7 Å². The predicted octanol–water partition coefficient (Wildman–Crippen LogP) is 7.25. The minimum absolute atomic E-state index is 0.0426. The maximum absolute atomic E-state index is 13.8. The summed E-state index contributed by atoms with van der Waals surface area (Å²) in [7, 11) is 2.88. The molecular weight excluding hydrogens is 620 g/mol. The van der Waals surface area contributed by atoms with Gasteiger partial charge in [0, 0.05) is 70.5 Å².